The third-order valence-electron chi connectivity index (χ3n) is 3.31. The van der Waals surface area contributed by atoms with Crippen molar-refractivity contribution in [3.63, 3.8) is 0 Å². The summed E-state index contributed by atoms with van der Waals surface area (Å²) in [4.78, 5) is 13.4. The lowest BCUT2D eigenvalue weighted by molar-refractivity contribution is -0.145. The standard InChI is InChI=1S/C12H21NO2/c1-9(2)13-7-5-10(6-8-13)12(3,4)11(14)15/h5,9H,6-8H2,1-4H3,(H,14,15). The van der Waals surface area contributed by atoms with Gasteiger partial charge in [-0.1, -0.05) is 11.6 Å². The highest BCUT2D eigenvalue weighted by atomic mass is 16.4. The van der Waals surface area contributed by atoms with E-state index in [1.807, 2.05) is 0 Å². The quantitative estimate of drug-likeness (QED) is 0.727. The van der Waals surface area contributed by atoms with E-state index in [9.17, 15) is 4.79 Å². The Morgan fingerprint density at radius 2 is 2.13 bits per heavy atom. The van der Waals surface area contributed by atoms with Gasteiger partial charge in [0.25, 0.3) is 0 Å². The summed E-state index contributed by atoms with van der Waals surface area (Å²) >= 11 is 0. The number of hydrogen-bond acceptors (Lipinski definition) is 2. The summed E-state index contributed by atoms with van der Waals surface area (Å²) < 4.78 is 0. The highest BCUT2D eigenvalue weighted by Gasteiger charge is 2.33. The van der Waals surface area contributed by atoms with Crippen LogP contribution in [0.2, 0.25) is 0 Å². The summed E-state index contributed by atoms with van der Waals surface area (Å²) in [6.45, 7) is 9.75. The molecule has 0 aromatic rings. The van der Waals surface area contributed by atoms with Gasteiger partial charge in [0.1, 0.15) is 0 Å². The molecule has 86 valence electrons. The van der Waals surface area contributed by atoms with Gasteiger partial charge in [0.05, 0.1) is 5.41 Å². The first-order valence-corrected chi connectivity index (χ1v) is 5.52. The molecular weight excluding hydrogens is 190 g/mol. The number of hydrogen-bond donors (Lipinski definition) is 1. The van der Waals surface area contributed by atoms with Gasteiger partial charge in [-0.25, -0.2) is 0 Å². The molecule has 0 saturated heterocycles. The van der Waals surface area contributed by atoms with Gasteiger partial charge in [-0.3, -0.25) is 9.69 Å². The fourth-order valence-corrected chi connectivity index (χ4v) is 1.86. The molecule has 0 unspecified atom stereocenters. The highest BCUT2D eigenvalue weighted by molar-refractivity contribution is 5.77. The molecule has 0 saturated carbocycles. The molecule has 1 heterocycles. The Morgan fingerprint density at radius 1 is 1.53 bits per heavy atom. The maximum absolute atomic E-state index is 11.1. The zero-order valence-electron chi connectivity index (χ0n) is 10.1. The second kappa shape index (κ2) is 4.35. The minimum absolute atomic E-state index is 0.538. The second-order valence-corrected chi connectivity index (χ2v) is 5.00. The first-order chi connectivity index (χ1) is 6.85. The topological polar surface area (TPSA) is 40.5 Å². The molecule has 0 aromatic carbocycles. The van der Waals surface area contributed by atoms with Crippen LogP contribution in [-0.2, 0) is 4.79 Å². The molecule has 0 fully saturated rings. The zero-order valence-corrected chi connectivity index (χ0v) is 10.1. The maximum Gasteiger partial charge on any atom is 0.313 e. The SMILES string of the molecule is CC(C)N1CC=C(C(C)(C)C(=O)O)CC1. The number of carbonyl (C=O) groups is 1. The molecule has 1 rings (SSSR count). The highest BCUT2D eigenvalue weighted by Crippen LogP contribution is 2.31. The van der Waals surface area contributed by atoms with E-state index >= 15 is 0 Å². The maximum atomic E-state index is 11.1. The Hall–Kier alpha value is -0.830. The Kier molecular flexibility index (Phi) is 3.55. The van der Waals surface area contributed by atoms with Crippen LogP contribution in [0.5, 0.6) is 0 Å². The second-order valence-electron chi connectivity index (χ2n) is 5.00. The molecule has 0 aromatic heterocycles. The minimum Gasteiger partial charge on any atom is -0.481 e. The number of carboxylic acids is 1. The van der Waals surface area contributed by atoms with E-state index in [4.69, 9.17) is 5.11 Å². The lowest BCUT2D eigenvalue weighted by Crippen LogP contribution is -2.38. The van der Waals surface area contributed by atoms with Crippen molar-refractivity contribution < 1.29 is 9.90 Å². The van der Waals surface area contributed by atoms with Crippen LogP contribution in [0.1, 0.15) is 34.1 Å². The van der Waals surface area contributed by atoms with Gasteiger partial charge in [-0.15, -0.1) is 0 Å². The Balaban J connectivity index is 2.73. The largest absolute Gasteiger partial charge is 0.481 e. The number of rotatable bonds is 3. The average Bonchev–Trinajstić information content (AvgIpc) is 2.17. The van der Waals surface area contributed by atoms with Crippen molar-refractivity contribution in [2.45, 2.75) is 40.2 Å². The van der Waals surface area contributed by atoms with Crippen LogP contribution in [0.4, 0.5) is 0 Å². The summed E-state index contributed by atoms with van der Waals surface area (Å²) in [5.41, 5.74) is 0.357. The number of aliphatic carboxylic acids is 1. The monoisotopic (exact) mass is 211 g/mol. The fraction of sp³-hybridized carbons (Fsp3) is 0.750. The van der Waals surface area contributed by atoms with E-state index in [0.717, 1.165) is 25.1 Å². The Labute approximate surface area is 91.8 Å². The van der Waals surface area contributed by atoms with Crippen LogP contribution in [0, 0.1) is 5.41 Å². The van der Waals surface area contributed by atoms with Gasteiger partial charge in [-0.05, 0) is 34.1 Å². The molecule has 0 aliphatic carbocycles. The molecule has 3 nitrogen and oxygen atoms in total. The van der Waals surface area contributed by atoms with Crippen molar-refractivity contribution in [2.24, 2.45) is 5.41 Å². The summed E-state index contributed by atoms with van der Waals surface area (Å²) in [5, 5.41) is 9.11. The Bertz CT molecular complexity index is 279. The van der Waals surface area contributed by atoms with Crippen LogP contribution >= 0.6 is 0 Å². The van der Waals surface area contributed by atoms with Gasteiger partial charge in [0.2, 0.25) is 0 Å². The molecule has 1 N–H and O–H groups in total. The van der Waals surface area contributed by atoms with Crippen LogP contribution in [0.3, 0.4) is 0 Å². The smallest absolute Gasteiger partial charge is 0.313 e. The first-order valence-electron chi connectivity index (χ1n) is 5.52. The molecule has 0 spiro atoms. The van der Waals surface area contributed by atoms with Crippen molar-refractivity contribution in [3.8, 4) is 0 Å². The van der Waals surface area contributed by atoms with Crippen molar-refractivity contribution in [1.29, 1.82) is 0 Å². The normalized spacial score (nSPS) is 19.1. The predicted molar refractivity (Wildman–Crippen MR) is 60.8 cm³/mol. The van der Waals surface area contributed by atoms with Gasteiger partial charge in [0, 0.05) is 19.1 Å². The molecular formula is C12H21NO2. The molecule has 0 amide bonds. The van der Waals surface area contributed by atoms with Crippen LogP contribution < -0.4 is 0 Å². The van der Waals surface area contributed by atoms with Gasteiger partial charge < -0.3 is 5.11 Å². The van der Waals surface area contributed by atoms with Crippen molar-refractivity contribution in [2.75, 3.05) is 13.1 Å². The Morgan fingerprint density at radius 3 is 2.47 bits per heavy atom. The molecule has 0 atom stereocenters. The lowest BCUT2D eigenvalue weighted by atomic mass is 9.81. The van der Waals surface area contributed by atoms with Crippen molar-refractivity contribution >= 4 is 5.97 Å². The van der Waals surface area contributed by atoms with E-state index in [0.29, 0.717) is 6.04 Å². The molecule has 3 heteroatoms. The third-order valence-corrected chi connectivity index (χ3v) is 3.31. The predicted octanol–water partition coefficient (Wildman–Crippen LogP) is 2.14. The van der Waals surface area contributed by atoms with Crippen LogP contribution in [0.15, 0.2) is 11.6 Å². The molecule has 15 heavy (non-hydrogen) atoms. The van der Waals surface area contributed by atoms with E-state index < -0.39 is 11.4 Å². The summed E-state index contributed by atoms with van der Waals surface area (Å²) in [6.07, 6.45) is 2.95. The van der Waals surface area contributed by atoms with Gasteiger partial charge in [0.15, 0.2) is 0 Å². The lowest BCUT2D eigenvalue weighted by Gasteiger charge is -2.33. The number of carboxylic acid groups (broad SMARTS) is 1. The zero-order chi connectivity index (χ0) is 11.6. The van der Waals surface area contributed by atoms with E-state index in [1.165, 1.54) is 0 Å². The third kappa shape index (κ3) is 2.59. The van der Waals surface area contributed by atoms with Crippen LogP contribution in [-0.4, -0.2) is 35.1 Å². The van der Waals surface area contributed by atoms with Crippen LogP contribution in [0.25, 0.3) is 0 Å². The van der Waals surface area contributed by atoms with Crippen molar-refractivity contribution in [1.82, 2.24) is 4.90 Å². The van der Waals surface area contributed by atoms with Crippen molar-refractivity contribution in [3.05, 3.63) is 11.6 Å². The van der Waals surface area contributed by atoms with E-state index in [2.05, 4.69) is 24.8 Å². The minimum atomic E-state index is -0.730. The average molecular weight is 211 g/mol. The molecule has 0 bridgehead atoms. The first kappa shape index (κ1) is 12.2. The fourth-order valence-electron chi connectivity index (χ4n) is 1.86. The van der Waals surface area contributed by atoms with E-state index in [1.54, 1.807) is 13.8 Å². The molecule has 1 aliphatic rings. The number of nitrogens with zero attached hydrogens (tertiary/aromatic N) is 1. The molecule has 1 aliphatic heterocycles. The van der Waals surface area contributed by atoms with E-state index in [-0.39, 0.29) is 0 Å². The summed E-state index contributed by atoms with van der Waals surface area (Å²) in [5.74, 6) is -0.730. The van der Waals surface area contributed by atoms with Gasteiger partial charge in [-0.2, -0.15) is 0 Å². The summed E-state index contributed by atoms with van der Waals surface area (Å²) in [7, 11) is 0. The van der Waals surface area contributed by atoms with Gasteiger partial charge >= 0.3 is 5.97 Å². The summed E-state index contributed by atoms with van der Waals surface area (Å²) in [6, 6.07) is 0.538. The molecule has 0 radical (unpaired) electrons.